The van der Waals surface area contributed by atoms with Crippen molar-refractivity contribution >= 4 is 39.2 Å². The Morgan fingerprint density at radius 3 is 2.45 bits per heavy atom. The minimum absolute atomic E-state index is 0.930. The summed E-state index contributed by atoms with van der Waals surface area (Å²) in [5.74, 6) is 0. The summed E-state index contributed by atoms with van der Waals surface area (Å²) in [6.45, 7) is 6.41. The van der Waals surface area contributed by atoms with Crippen molar-refractivity contribution in [3.8, 4) is 10.6 Å². The van der Waals surface area contributed by atoms with Crippen LogP contribution in [0, 0.1) is 0 Å². The van der Waals surface area contributed by atoms with E-state index in [0.717, 1.165) is 29.6 Å². The quantitative estimate of drug-likeness (QED) is 0.650. The second-order valence-corrected chi connectivity index (χ2v) is 6.67. The van der Waals surface area contributed by atoms with Gasteiger partial charge in [0.05, 0.1) is 10.6 Å². The highest BCUT2D eigenvalue weighted by molar-refractivity contribution is 7.16. The number of benzene rings is 1. The van der Waals surface area contributed by atoms with E-state index in [4.69, 9.17) is 0 Å². The van der Waals surface area contributed by atoms with Gasteiger partial charge < -0.3 is 10.2 Å². The van der Waals surface area contributed by atoms with Gasteiger partial charge in [-0.2, -0.15) is 0 Å². The number of thiophene rings is 1. The standard InChI is InChI=1S/C17H19N3S2/c1-3-20(4-2)14-9-7-13(8-10-14)18-17-19-15(12-22-17)16-6-5-11-21-16/h5-12H,3-4H2,1-2H3,(H,18,19). The van der Waals surface area contributed by atoms with Gasteiger partial charge in [-0.15, -0.1) is 22.7 Å². The summed E-state index contributed by atoms with van der Waals surface area (Å²) in [6, 6.07) is 12.7. The van der Waals surface area contributed by atoms with Gasteiger partial charge in [0, 0.05) is 29.8 Å². The zero-order valence-corrected chi connectivity index (χ0v) is 14.4. The van der Waals surface area contributed by atoms with Gasteiger partial charge in [-0.3, -0.25) is 0 Å². The van der Waals surface area contributed by atoms with Crippen LogP contribution in [0.5, 0.6) is 0 Å². The van der Waals surface area contributed by atoms with Crippen molar-refractivity contribution in [1.82, 2.24) is 4.98 Å². The number of rotatable bonds is 6. The highest BCUT2D eigenvalue weighted by Gasteiger charge is 2.06. The van der Waals surface area contributed by atoms with Crippen LogP contribution in [-0.4, -0.2) is 18.1 Å². The molecule has 3 rings (SSSR count). The first-order valence-electron chi connectivity index (χ1n) is 7.41. The average molecular weight is 329 g/mol. The summed E-state index contributed by atoms with van der Waals surface area (Å²) in [5.41, 5.74) is 3.37. The Labute approximate surface area is 139 Å². The lowest BCUT2D eigenvalue weighted by molar-refractivity contribution is 0.866. The topological polar surface area (TPSA) is 28.2 Å². The number of anilines is 3. The zero-order valence-electron chi connectivity index (χ0n) is 12.7. The minimum atomic E-state index is 0.930. The average Bonchev–Trinajstić information content (AvgIpc) is 3.21. The van der Waals surface area contributed by atoms with E-state index in [2.05, 4.69) is 76.2 Å². The van der Waals surface area contributed by atoms with Crippen LogP contribution in [0.25, 0.3) is 10.6 Å². The molecule has 1 aromatic carbocycles. The van der Waals surface area contributed by atoms with Gasteiger partial charge in [0.25, 0.3) is 0 Å². The normalized spacial score (nSPS) is 10.6. The lowest BCUT2D eigenvalue weighted by Crippen LogP contribution is -2.21. The molecule has 0 saturated heterocycles. The Morgan fingerprint density at radius 1 is 1.05 bits per heavy atom. The molecule has 0 atom stereocenters. The van der Waals surface area contributed by atoms with Crippen LogP contribution >= 0.6 is 22.7 Å². The van der Waals surface area contributed by atoms with Crippen LogP contribution in [0.3, 0.4) is 0 Å². The van der Waals surface area contributed by atoms with E-state index in [-0.39, 0.29) is 0 Å². The lowest BCUT2D eigenvalue weighted by Gasteiger charge is -2.21. The van der Waals surface area contributed by atoms with Crippen LogP contribution in [0.1, 0.15) is 13.8 Å². The molecule has 0 bridgehead atoms. The van der Waals surface area contributed by atoms with Crippen LogP contribution in [-0.2, 0) is 0 Å². The monoisotopic (exact) mass is 329 g/mol. The fraction of sp³-hybridized carbons (Fsp3) is 0.235. The molecule has 22 heavy (non-hydrogen) atoms. The van der Waals surface area contributed by atoms with Crippen molar-refractivity contribution in [3.05, 3.63) is 47.2 Å². The molecule has 0 aliphatic rings. The van der Waals surface area contributed by atoms with Gasteiger partial charge in [-0.25, -0.2) is 4.98 Å². The van der Waals surface area contributed by atoms with Gasteiger partial charge in [0.1, 0.15) is 0 Å². The summed E-state index contributed by atoms with van der Waals surface area (Å²) < 4.78 is 0. The van der Waals surface area contributed by atoms with Crippen molar-refractivity contribution in [2.45, 2.75) is 13.8 Å². The van der Waals surface area contributed by atoms with E-state index in [1.165, 1.54) is 10.6 Å². The van der Waals surface area contributed by atoms with E-state index in [0.29, 0.717) is 0 Å². The molecule has 0 aliphatic heterocycles. The fourth-order valence-corrected chi connectivity index (χ4v) is 3.83. The molecule has 0 unspecified atom stereocenters. The molecular weight excluding hydrogens is 310 g/mol. The number of aromatic nitrogens is 1. The first-order chi connectivity index (χ1) is 10.8. The van der Waals surface area contributed by atoms with Crippen molar-refractivity contribution in [2.75, 3.05) is 23.3 Å². The van der Waals surface area contributed by atoms with E-state index in [9.17, 15) is 0 Å². The smallest absolute Gasteiger partial charge is 0.187 e. The largest absolute Gasteiger partial charge is 0.372 e. The molecule has 3 aromatic rings. The third-order valence-electron chi connectivity index (χ3n) is 3.52. The summed E-state index contributed by atoms with van der Waals surface area (Å²) in [7, 11) is 0. The number of nitrogens with one attached hydrogen (secondary N) is 1. The molecule has 2 heterocycles. The first-order valence-corrected chi connectivity index (χ1v) is 9.17. The Bertz CT molecular complexity index is 698. The molecule has 0 saturated carbocycles. The van der Waals surface area contributed by atoms with Gasteiger partial charge in [-0.05, 0) is 49.6 Å². The molecule has 0 spiro atoms. The Balaban J connectivity index is 1.71. The Morgan fingerprint density at radius 2 is 1.82 bits per heavy atom. The van der Waals surface area contributed by atoms with Crippen molar-refractivity contribution in [2.24, 2.45) is 0 Å². The maximum Gasteiger partial charge on any atom is 0.187 e. The number of thiazole rings is 1. The van der Waals surface area contributed by atoms with Gasteiger partial charge in [-0.1, -0.05) is 6.07 Å². The second-order valence-electron chi connectivity index (χ2n) is 4.86. The molecular formula is C17H19N3S2. The highest BCUT2D eigenvalue weighted by Crippen LogP contribution is 2.30. The zero-order chi connectivity index (χ0) is 15.4. The van der Waals surface area contributed by atoms with Gasteiger partial charge in [0.15, 0.2) is 5.13 Å². The molecule has 0 fully saturated rings. The lowest BCUT2D eigenvalue weighted by atomic mass is 10.2. The Kier molecular flexibility index (Phi) is 4.75. The van der Waals surface area contributed by atoms with Crippen molar-refractivity contribution in [1.29, 1.82) is 0 Å². The summed E-state index contributed by atoms with van der Waals surface area (Å²) in [5, 5.41) is 8.48. The third-order valence-corrected chi connectivity index (χ3v) is 5.18. The number of hydrogen-bond acceptors (Lipinski definition) is 5. The summed E-state index contributed by atoms with van der Waals surface area (Å²) in [4.78, 5) is 8.19. The minimum Gasteiger partial charge on any atom is -0.372 e. The van der Waals surface area contributed by atoms with Crippen molar-refractivity contribution < 1.29 is 0 Å². The predicted molar refractivity (Wildman–Crippen MR) is 98.7 cm³/mol. The van der Waals surface area contributed by atoms with Crippen LogP contribution < -0.4 is 10.2 Å². The van der Waals surface area contributed by atoms with E-state index < -0.39 is 0 Å². The molecule has 0 aliphatic carbocycles. The highest BCUT2D eigenvalue weighted by atomic mass is 32.1. The molecule has 0 amide bonds. The van der Waals surface area contributed by atoms with E-state index in [1.807, 2.05) is 0 Å². The summed E-state index contributed by atoms with van der Waals surface area (Å²) >= 11 is 3.35. The molecule has 114 valence electrons. The molecule has 3 nitrogen and oxygen atoms in total. The SMILES string of the molecule is CCN(CC)c1ccc(Nc2nc(-c3cccs3)cs2)cc1. The number of hydrogen-bond donors (Lipinski definition) is 1. The van der Waals surface area contributed by atoms with Crippen molar-refractivity contribution in [3.63, 3.8) is 0 Å². The number of nitrogens with zero attached hydrogens (tertiary/aromatic N) is 2. The summed E-state index contributed by atoms with van der Waals surface area (Å²) in [6.07, 6.45) is 0. The van der Waals surface area contributed by atoms with Gasteiger partial charge in [0.2, 0.25) is 0 Å². The molecule has 5 heteroatoms. The maximum atomic E-state index is 4.65. The Hall–Kier alpha value is -1.85. The first kappa shape index (κ1) is 15.1. The second kappa shape index (κ2) is 6.94. The van der Waals surface area contributed by atoms with E-state index >= 15 is 0 Å². The molecule has 0 radical (unpaired) electrons. The van der Waals surface area contributed by atoms with Crippen LogP contribution in [0.4, 0.5) is 16.5 Å². The van der Waals surface area contributed by atoms with E-state index in [1.54, 1.807) is 22.7 Å². The maximum absolute atomic E-state index is 4.65. The molecule has 2 aromatic heterocycles. The molecule has 1 N–H and O–H groups in total. The van der Waals surface area contributed by atoms with Crippen LogP contribution in [0.15, 0.2) is 47.2 Å². The van der Waals surface area contributed by atoms with Gasteiger partial charge >= 0.3 is 0 Å². The van der Waals surface area contributed by atoms with Crippen LogP contribution in [0.2, 0.25) is 0 Å². The fourth-order valence-electron chi connectivity index (χ4n) is 2.34. The predicted octanol–water partition coefficient (Wildman–Crippen LogP) is 5.46. The third kappa shape index (κ3) is 3.31.